The number of hydrogen-bond acceptors (Lipinski definition) is 14. The molecular weight excluding hydrogens is 847 g/mol. The summed E-state index contributed by atoms with van der Waals surface area (Å²) in [4.78, 5) is 71.3. The number of alkyl carbamates (subject to hydrolysis) is 1. The Kier molecular flexibility index (Phi) is 13.7. The fraction of sp³-hybridized carbons (Fsp3) is 0.289. The molecule has 2 aromatic heterocycles. The van der Waals surface area contributed by atoms with E-state index >= 15 is 0 Å². The molecule has 2 aliphatic heterocycles. The maximum absolute atomic E-state index is 14.4. The molecule has 0 aliphatic carbocycles. The van der Waals surface area contributed by atoms with E-state index in [1.165, 1.54) is 16.7 Å². The van der Waals surface area contributed by atoms with Gasteiger partial charge in [-0.3, -0.25) is 14.6 Å². The molecule has 0 saturated carbocycles. The molecule has 2 amide bonds. The third-order valence-corrected chi connectivity index (χ3v) is 12.8. The highest BCUT2D eigenvalue weighted by Gasteiger charge is 2.54. The molecule has 5 aromatic rings. The zero-order chi connectivity index (χ0) is 43.9. The van der Waals surface area contributed by atoms with E-state index in [4.69, 9.17) is 15.3 Å². The number of β-lactam (4-membered cyclic amide) rings is 1. The lowest BCUT2D eigenvalue weighted by atomic mass is 9.77. The Bertz CT molecular complexity index is 2380. The van der Waals surface area contributed by atoms with Gasteiger partial charge in [-0.1, -0.05) is 108 Å². The summed E-state index contributed by atoms with van der Waals surface area (Å²) >= 11 is 3.74. The second-order valence-corrected chi connectivity index (χ2v) is 18.4. The molecule has 4 N–H and O–H groups in total. The molecule has 2 aliphatic rings. The lowest BCUT2D eigenvalue weighted by molar-refractivity contribution is -0.159. The Hall–Kier alpha value is -6.04. The number of benzene rings is 3. The second kappa shape index (κ2) is 19.3. The van der Waals surface area contributed by atoms with Gasteiger partial charge in [-0.25, -0.2) is 9.59 Å². The zero-order valence-electron chi connectivity index (χ0n) is 34.2. The lowest BCUT2D eigenvalue weighted by Gasteiger charge is -2.50. The SMILES string of the molecule is CC(C)(C)OC(=O)NCCSCc1ncccc1SC1=C(C(=O)O)N2C(=O)[C@@H](CC(=O)/C(=N/OC(c3ccccc3)(c3ccccc3)c3ccccc3)c3nsc(N)n3)[C@H]2CC1. The monoisotopic (exact) mass is 891 g/mol. The number of rotatable bonds is 17. The number of amides is 2. The highest BCUT2D eigenvalue weighted by molar-refractivity contribution is 8.03. The number of nitrogen functional groups attached to an aromatic ring is 1. The first-order valence-corrected chi connectivity index (χ1v) is 22.6. The fourth-order valence-electron chi connectivity index (χ4n) is 7.39. The maximum atomic E-state index is 14.4. The van der Waals surface area contributed by atoms with Crippen molar-refractivity contribution >= 4 is 69.7 Å². The van der Waals surface area contributed by atoms with Gasteiger partial charge in [0, 0.05) is 74.7 Å². The van der Waals surface area contributed by atoms with Gasteiger partial charge < -0.3 is 30.6 Å². The van der Waals surface area contributed by atoms with Gasteiger partial charge in [0.05, 0.1) is 11.6 Å². The van der Waals surface area contributed by atoms with Crippen molar-refractivity contribution in [2.75, 3.05) is 18.0 Å². The molecule has 0 spiro atoms. The number of carboxylic acids is 1. The van der Waals surface area contributed by atoms with Crippen LogP contribution in [-0.2, 0) is 35.3 Å². The number of nitrogens with two attached hydrogens (primary N) is 1. The number of allylic oxidation sites excluding steroid dienone is 1. The molecule has 14 nitrogen and oxygen atoms in total. The van der Waals surface area contributed by atoms with Gasteiger partial charge in [-0.15, -0.1) is 0 Å². The maximum Gasteiger partial charge on any atom is 0.407 e. The average molecular weight is 892 g/mol. The first-order chi connectivity index (χ1) is 29.9. The van der Waals surface area contributed by atoms with E-state index in [1.807, 2.05) is 97.1 Å². The predicted octanol–water partition coefficient (Wildman–Crippen LogP) is 7.65. The number of aliphatic carboxylic acids is 1. The van der Waals surface area contributed by atoms with Crippen molar-refractivity contribution in [1.29, 1.82) is 0 Å². The molecule has 3 aromatic carbocycles. The number of nitrogens with one attached hydrogen (secondary N) is 1. The Balaban J connectivity index is 1.10. The highest BCUT2D eigenvalue weighted by atomic mass is 32.2. The van der Waals surface area contributed by atoms with E-state index in [2.05, 4.69) is 24.8 Å². The summed E-state index contributed by atoms with van der Waals surface area (Å²) in [6.07, 6.45) is 1.71. The van der Waals surface area contributed by atoms with Gasteiger partial charge in [-0.2, -0.15) is 21.1 Å². The highest BCUT2D eigenvalue weighted by Crippen LogP contribution is 2.47. The minimum atomic E-state index is -1.32. The van der Waals surface area contributed by atoms with Gasteiger partial charge in [0.1, 0.15) is 11.3 Å². The number of aromatic nitrogens is 3. The minimum Gasteiger partial charge on any atom is -0.477 e. The molecule has 17 heteroatoms. The van der Waals surface area contributed by atoms with E-state index < -0.39 is 46.9 Å². The van der Waals surface area contributed by atoms with Crippen LogP contribution in [0.2, 0.25) is 0 Å². The Morgan fingerprint density at radius 1 is 0.952 bits per heavy atom. The predicted molar refractivity (Wildman–Crippen MR) is 239 cm³/mol. The Labute approximate surface area is 371 Å². The third kappa shape index (κ3) is 9.85. The number of ketones is 1. The summed E-state index contributed by atoms with van der Waals surface area (Å²) in [7, 11) is 0. The number of hydrogen-bond donors (Lipinski definition) is 3. The number of carbonyl (C=O) groups excluding carboxylic acids is 3. The first kappa shape index (κ1) is 44.0. The van der Waals surface area contributed by atoms with Crippen molar-refractivity contribution in [3.8, 4) is 0 Å². The van der Waals surface area contributed by atoms with Crippen LogP contribution in [0, 0.1) is 5.92 Å². The quantitative estimate of drug-likeness (QED) is 0.0271. The number of fused-ring (bicyclic) bond motifs is 1. The Morgan fingerprint density at radius 3 is 2.15 bits per heavy atom. The van der Waals surface area contributed by atoms with Crippen molar-refractivity contribution in [3.63, 3.8) is 0 Å². The summed E-state index contributed by atoms with van der Waals surface area (Å²) < 4.78 is 9.60. The van der Waals surface area contributed by atoms with E-state index in [1.54, 1.807) is 44.8 Å². The zero-order valence-corrected chi connectivity index (χ0v) is 36.7. The molecule has 0 unspecified atom stereocenters. The summed E-state index contributed by atoms with van der Waals surface area (Å²) in [5.41, 5.74) is 6.77. The van der Waals surface area contributed by atoms with Crippen LogP contribution in [0.4, 0.5) is 9.93 Å². The van der Waals surface area contributed by atoms with E-state index in [-0.39, 0.29) is 28.8 Å². The van der Waals surface area contributed by atoms with E-state index in [9.17, 15) is 24.3 Å². The normalized spacial score (nSPS) is 16.6. The number of oxime groups is 1. The summed E-state index contributed by atoms with van der Waals surface area (Å²) in [5.74, 6) is -2.00. The van der Waals surface area contributed by atoms with Crippen molar-refractivity contribution < 1.29 is 33.9 Å². The minimum absolute atomic E-state index is 0.0394. The Morgan fingerprint density at radius 2 is 1.58 bits per heavy atom. The number of anilines is 1. The smallest absolute Gasteiger partial charge is 0.407 e. The van der Waals surface area contributed by atoms with E-state index in [0.29, 0.717) is 35.8 Å². The number of ether oxygens (including phenoxy) is 1. The molecule has 1 fully saturated rings. The number of thioether (sulfide) groups is 2. The molecular formula is C45H45N7O7S3. The molecule has 7 rings (SSSR count). The van der Waals surface area contributed by atoms with Crippen molar-refractivity contribution in [3.05, 3.63) is 148 Å². The largest absolute Gasteiger partial charge is 0.477 e. The van der Waals surface area contributed by atoms with Gasteiger partial charge in [0.15, 0.2) is 16.6 Å². The third-order valence-electron chi connectivity index (χ3n) is 10.1. The van der Waals surface area contributed by atoms with Crippen LogP contribution in [0.15, 0.2) is 130 Å². The number of pyridine rings is 1. The van der Waals surface area contributed by atoms with Crippen molar-refractivity contribution in [2.45, 2.75) is 67.9 Å². The van der Waals surface area contributed by atoms with E-state index in [0.717, 1.165) is 38.8 Å². The molecule has 0 bridgehead atoms. The number of carboxylic acid groups (broad SMARTS) is 1. The van der Waals surface area contributed by atoms with Crippen LogP contribution >= 0.6 is 35.1 Å². The van der Waals surface area contributed by atoms with Crippen LogP contribution < -0.4 is 11.1 Å². The van der Waals surface area contributed by atoms with Crippen LogP contribution in [0.5, 0.6) is 0 Å². The van der Waals surface area contributed by atoms with Crippen LogP contribution in [0.1, 0.15) is 68.2 Å². The van der Waals surface area contributed by atoms with Gasteiger partial charge >= 0.3 is 12.1 Å². The fourth-order valence-corrected chi connectivity index (χ4v) is 9.89. The molecule has 2 atom stereocenters. The van der Waals surface area contributed by atoms with Gasteiger partial charge in [-0.05, 0) is 45.7 Å². The average Bonchev–Trinajstić information content (AvgIpc) is 3.70. The van der Waals surface area contributed by atoms with Gasteiger partial charge in [0.2, 0.25) is 17.3 Å². The number of nitrogens with zero attached hydrogens (tertiary/aromatic N) is 5. The second-order valence-electron chi connectivity index (χ2n) is 15.4. The lowest BCUT2D eigenvalue weighted by Crippen LogP contribution is -2.63. The summed E-state index contributed by atoms with van der Waals surface area (Å²) in [5, 5.41) is 17.9. The van der Waals surface area contributed by atoms with Crippen LogP contribution in [-0.4, -0.2) is 77.8 Å². The van der Waals surface area contributed by atoms with Gasteiger partial charge in [0.25, 0.3) is 0 Å². The molecule has 62 heavy (non-hydrogen) atoms. The topological polar surface area (TPSA) is 199 Å². The molecule has 0 radical (unpaired) electrons. The molecule has 4 heterocycles. The summed E-state index contributed by atoms with van der Waals surface area (Å²) in [6, 6.07) is 31.7. The molecule has 1 saturated heterocycles. The van der Waals surface area contributed by atoms with Crippen LogP contribution in [0.25, 0.3) is 0 Å². The standard InChI is InChI=1S/C45H45N7O7S3/c1-44(2,3)58-43(57)48-24-25-60-27-32-35(20-13-23-47-32)61-36-22-21-33-31(40(54)52(33)38(36)41(55)56)26-34(53)37(39-49-42(46)62-51-39)50-59-45(28-14-7-4-8-15-28,29-16-9-5-10-17-29)30-18-11-6-12-19-30/h4-20,23,31,33H,21-22,24-27H2,1-3H3,(H,48,57)(H,55,56)(H2,46,49,51)/b50-37-/t31-,33+/m0/s1. The molecule has 320 valence electrons. The number of carbonyl (C=O) groups is 4. The van der Waals surface area contributed by atoms with Crippen molar-refractivity contribution in [1.82, 2.24) is 24.6 Å². The summed E-state index contributed by atoms with van der Waals surface area (Å²) in [6.45, 7) is 5.80. The first-order valence-electron chi connectivity index (χ1n) is 19.9. The number of Topliss-reactive ketones (excluding diaryl/α,β-unsaturated/α-hetero) is 1. The van der Waals surface area contributed by atoms with Crippen molar-refractivity contribution in [2.24, 2.45) is 11.1 Å². The van der Waals surface area contributed by atoms with Crippen LogP contribution in [0.3, 0.4) is 0 Å².